The molecule has 0 saturated carbocycles. The lowest BCUT2D eigenvalue weighted by Crippen LogP contribution is -1.95. The fourth-order valence-corrected chi connectivity index (χ4v) is 2.09. The summed E-state index contributed by atoms with van der Waals surface area (Å²) in [4.78, 5) is 10.2. The maximum absolute atomic E-state index is 10.7. The molecule has 0 aromatic heterocycles. The van der Waals surface area contributed by atoms with Gasteiger partial charge in [-0.05, 0) is 19.3 Å². The van der Waals surface area contributed by atoms with Gasteiger partial charge in [0, 0.05) is 17.2 Å². The molecule has 0 amide bonds. The highest BCUT2D eigenvalue weighted by Crippen LogP contribution is 2.41. The molecule has 0 atom stereocenters. The Labute approximate surface area is 85.3 Å². The quantitative estimate of drug-likeness (QED) is 0.576. The van der Waals surface area contributed by atoms with Gasteiger partial charge in [0.2, 0.25) is 0 Å². The third-order valence-corrected chi connectivity index (χ3v) is 2.79. The molecule has 1 N–H and O–H groups in total. The Morgan fingerprint density at radius 2 is 2.07 bits per heavy atom. The van der Waals surface area contributed by atoms with Gasteiger partial charge in [-0.15, -0.1) is 0 Å². The smallest absolute Gasteiger partial charge is 0.274 e. The molecule has 0 bridgehead atoms. The van der Waals surface area contributed by atoms with Crippen LogP contribution in [0.3, 0.4) is 0 Å². The maximum atomic E-state index is 10.7. The number of phenols is 1. The second kappa shape index (κ2) is 3.13. The molecule has 0 aliphatic heterocycles. The summed E-state index contributed by atoms with van der Waals surface area (Å²) in [6.45, 7) is 0. The molecule has 1 aromatic carbocycles. The van der Waals surface area contributed by atoms with Crippen molar-refractivity contribution in [2.45, 2.75) is 19.3 Å². The number of nitro groups is 1. The molecule has 14 heavy (non-hydrogen) atoms. The topological polar surface area (TPSA) is 63.4 Å². The largest absolute Gasteiger partial charge is 0.506 e. The van der Waals surface area contributed by atoms with Crippen molar-refractivity contribution in [3.8, 4) is 5.75 Å². The zero-order valence-electron chi connectivity index (χ0n) is 7.29. The van der Waals surface area contributed by atoms with Crippen molar-refractivity contribution in [2.24, 2.45) is 0 Å². The van der Waals surface area contributed by atoms with Crippen molar-refractivity contribution >= 4 is 17.3 Å². The first-order valence-electron chi connectivity index (χ1n) is 4.29. The van der Waals surface area contributed by atoms with E-state index < -0.39 is 4.92 Å². The zero-order valence-corrected chi connectivity index (χ0v) is 8.04. The number of phenolic OH excluding ortho intramolecular Hbond substituents is 1. The fraction of sp³-hybridized carbons (Fsp3) is 0.333. The number of nitrogens with zero attached hydrogens (tertiary/aromatic N) is 1. The Morgan fingerprint density at radius 1 is 1.43 bits per heavy atom. The van der Waals surface area contributed by atoms with E-state index in [-0.39, 0.29) is 16.5 Å². The lowest BCUT2D eigenvalue weighted by Gasteiger charge is -2.05. The molecular weight excluding hydrogens is 206 g/mol. The third kappa shape index (κ3) is 1.23. The minimum atomic E-state index is -0.449. The Bertz CT molecular complexity index is 417. The van der Waals surface area contributed by atoms with Crippen LogP contribution in [0, 0.1) is 10.1 Å². The van der Waals surface area contributed by atoms with E-state index in [9.17, 15) is 15.2 Å². The van der Waals surface area contributed by atoms with Crippen molar-refractivity contribution in [1.82, 2.24) is 0 Å². The predicted molar refractivity (Wildman–Crippen MR) is 51.8 cm³/mol. The molecule has 1 aliphatic carbocycles. The fourth-order valence-electron chi connectivity index (χ4n) is 1.87. The molecule has 0 heterocycles. The first-order valence-corrected chi connectivity index (χ1v) is 4.66. The molecule has 2 rings (SSSR count). The molecule has 5 heteroatoms. The Morgan fingerprint density at radius 3 is 2.71 bits per heavy atom. The third-order valence-electron chi connectivity index (χ3n) is 2.50. The van der Waals surface area contributed by atoms with Gasteiger partial charge in [-0.2, -0.15) is 0 Å². The highest BCUT2D eigenvalue weighted by Gasteiger charge is 2.26. The monoisotopic (exact) mass is 213 g/mol. The first-order chi connectivity index (χ1) is 6.61. The van der Waals surface area contributed by atoms with Gasteiger partial charge in [0.15, 0.2) is 0 Å². The second-order valence-electron chi connectivity index (χ2n) is 3.29. The lowest BCUT2D eigenvalue weighted by atomic mass is 10.1. The minimum Gasteiger partial charge on any atom is -0.506 e. The first kappa shape index (κ1) is 9.27. The van der Waals surface area contributed by atoms with E-state index in [0.717, 1.165) is 6.42 Å². The number of halogens is 1. The van der Waals surface area contributed by atoms with Gasteiger partial charge in [0.05, 0.1) is 9.95 Å². The summed E-state index contributed by atoms with van der Waals surface area (Å²) < 4.78 is 0. The van der Waals surface area contributed by atoms with Crippen LogP contribution in [0.1, 0.15) is 17.5 Å². The van der Waals surface area contributed by atoms with Crippen molar-refractivity contribution in [1.29, 1.82) is 0 Å². The van der Waals surface area contributed by atoms with Crippen LogP contribution in [0.4, 0.5) is 5.69 Å². The highest BCUT2D eigenvalue weighted by atomic mass is 35.5. The minimum absolute atomic E-state index is 0.00441. The van der Waals surface area contributed by atoms with Gasteiger partial charge in [-0.3, -0.25) is 10.1 Å². The number of nitro benzene ring substituents is 1. The Kier molecular flexibility index (Phi) is 2.07. The number of aromatic hydroxyl groups is 1. The summed E-state index contributed by atoms with van der Waals surface area (Å²) in [7, 11) is 0. The normalized spacial score (nSPS) is 14.1. The average molecular weight is 214 g/mol. The molecule has 74 valence electrons. The summed E-state index contributed by atoms with van der Waals surface area (Å²) in [5, 5.41) is 20.3. The van der Waals surface area contributed by atoms with Crippen LogP contribution in [0.25, 0.3) is 0 Å². The van der Waals surface area contributed by atoms with Crippen LogP contribution < -0.4 is 0 Å². The number of rotatable bonds is 1. The van der Waals surface area contributed by atoms with E-state index in [4.69, 9.17) is 11.6 Å². The molecule has 4 nitrogen and oxygen atoms in total. The Hall–Kier alpha value is -1.29. The number of hydrogen-bond acceptors (Lipinski definition) is 3. The van der Waals surface area contributed by atoms with Crippen molar-refractivity contribution in [2.75, 3.05) is 0 Å². The van der Waals surface area contributed by atoms with E-state index in [1.54, 1.807) is 0 Å². The van der Waals surface area contributed by atoms with Gasteiger partial charge in [-0.25, -0.2) is 0 Å². The van der Waals surface area contributed by atoms with Crippen LogP contribution in [-0.2, 0) is 12.8 Å². The summed E-state index contributed by atoms with van der Waals surface area (Å²) in [5.41, 5.74) is 1.31. The zero-order chi connectivity index (χ0) is 10.3. The van der Waals surface area contributed by atoms with E-state index in [0.29, 0.717) is 24.0 Å². The van der Waals surface area contributed by atoms with Crippen LogP contribution in [0.2, 0.25) is 5.02 Å². The van der Waals surface area contributed by atoms with Gasteiger partial charge in [-0.1, -0.05) is 11.6 Å². The average Bonchev–Trinajstić information content (AvgIpc) is 2.59. The van der Waals surface area contributed by atoms with Gasteiger partial charge < -0.3 is 5.11 Å². The standard InChI is InChI=1S/C9H8ClNO3/c10-7-4-8(11(13)14)5-2-1-3-6(5)9(7)12/h4,12H,1-3H2. The molecule has 0 spiro atoms. The highest BCUT2D eigenvalue weighted by molar-refractivity contribution is 6.32. The van der Waals surface area contributed by atoms with Crippen molar-refractivity contribution in [3.63, 3.8) is 0 Å². The van der Waals surface area contributed by atoms with Crippen LogP contribution in [0.5, 0.6) is 5.75 Å². The van der Waals surface area contributed by atoms with E-state index in [2.05, 4.69) is 0 Å². The van der Waals surface area contributed by atoms with Crippen molar-refractivity contribution < 1.29 is 10.0 Å². The lowest BCUT2D eigenvalue weighted by molar-refractivity contribution is -0.385. The van der Waals surface area contributed by atoms with Gasteiger partial charge in [0.1, 0.15) is 5.75 Å². The summed E-state index contributed by atoms with van der Waals surface area (Å²) in [6.07, 6.45) is 2.16. The van der Waals surface area contributed by atoms with Gasteiger partial charge >= 0.3 is 0 Å². The molecule has 1 aromatic rings. The van der Waals surface area contributed by atoms with Crippen molar-refractivity contribution in [3.05, 3.63) is 32.3 Å². The SMILES string of the molecule is O=[N+]([O-])c1cc(Cl)c(O)c2c1CCC2. The molecule has 0 radical (unpaired) electrons. The van der Waals surface area contributed by atoms with Crippen LogP contribution in [0.15, 0.2) is 6.07 Å². The predicted octanol–water partition coefficient (Wildman–Crippen LogP) is 2.44. The maximum Gasteiger partial charge on any atom is 0.274 e. The number of benzene rings is 1. The summed E-state index contributed by atoms with van der Waals surface area (Å²) in [5.74, 6) is 0.00441. The summed E-state index contributed by atoms with van der Waals surface area (Å²) >= 11 is 5.69. The number of fused-ring (bicyclic) bond motifs is 1. The van der Waals surface area contributed by atoms with Crippen LogP contribution in [-0.4, -0.2) is 10.0 Å². The van der Waals surface area contributed by atoms with E-state index >= 15 is 0 Å². The molecule has 0 fully saturated rings. The van der Waals surface area contributed by atoms with Crippen LogP contribution >= 0.6 is 11.6 Å². The van der Waals surface area contributed by atoms with E-state index in [1.165, 1.54) is 6.07 Å². The molecular formula is C9H8ClNO3. The Balaban J connectivity index is 2.70. The van der Waals surface area contributed by atoms with E-state index in [1.807, 2.05) is 0 Å². The molecule has 0 unspecified atom stereocenters. The molecule has 1 aliphatic rings. The summed E-state index contributed by atoms with van der Waals surface area (Å²) in [6, 6.07) is 1.22. The second-order valence-corrected chi connectivity index (χ2v) is 3.70. The molecule has 0 saturated heterocycles. The van der Waals surface area contributed by atoms with Gasteiger partial charge in [0.25, 0.3) is 5.69 Å². The number of hydrogen-bond donors (Lipinski definition) is 1.